The maximum atomic E-state index is 14.7. The molecule has 14 nitrogen and oxygen atoms in total. The minimum Gasteiger partial charge on any atom is -0.378 e. The van der Waals surface area contributed by atoms with Gasteiger partial charge in [0.25, 0.3) is 5.91 Å². The van der Waals surface area contributed by atoms with Crippen molar-refractivity contribution >= 4 is 46.4 Å². The number of aryl methyl sites for hydroxylation is 1. The number of pyridine rings is 1. The Kier molecular flexibility index (Phi) is 13.6. The van der Waals surface area contributed by atoms with Crippen LogP contribution in [0.5, 0.6) is 0 Å². The van der Waals surface area contributed by atoms with Gasteiger partial charge in [-0.05, 0) is 93.5 Å². The lowest BCUT2D eigenvalue weighted by atomic mass is 9.84. The average Bonchev–Trinajstić information content (AvgIpc) is 3.83. The van der Waals surface area contributed by atoms with E-state index in [2.05, 4.69) is 60.3 Å². The number of amides is 4. The van der Waals surface area contributed by atoms with E-state index in [0.717, 1.165) is 76.8 Å². The number of nitrogens with one attached hydrogen (secondary N) is 2. The maximum Gasteiger partial charge on any atom is 0.320 e. The number of aldehydes is 1. The van der Waals surface area contributed by atoms with Crippen LogP contribution in [-0.2, 0) is 43.2 Å². The van der Waals surface area contributed by atoms with Gasteiger partial charge in [-0.15, -0.1) is 11.3 Å². The van der Waals surface area contributed by atoms with Crippen LogP contribution in [0.1, 0.15) is 96.0 Å². The zero-order valence-corrected chi connectivity index (χ0v) is 38.6. The highest BCUT2D eigenvalue weighted by Crippen LogP contribution is 2.42. The lowest BCUT2D eigenvalue weighted by molar-refractivity contribution is -0.147. The van der Waals surface area contributed by atoms with Gasteiger partial charge >= 0.3 is 6.03 Å². The molecule has 2 N–H and O–H groups in total. The van der Waals surface area contributed by atoms with Crippen molar-refractivity contribution in [2.75, 3.05) is 41.0 Å². The van der Waals surface area contributed by atoms with Crippen molar-refractivity contribution in [3.05, 3.63) is 58.2 Å². The largest absolute Gasteiger partial charge is 0.378 e. The highest BCUT2D eigenvalue weighted by Gasteiger charge is 2.42. The number of urea groups is 1. The number of hydrogen-bond donors (Lipinski definition) is 2. The van der Waals surface area contributed by atoms with Gasteiger partial charge in [0.05, 0.1) is 41.4 Å². The highest BCUT2D eigenvalue weighted by molar-refractivity contribution is 7.10. The van der Waals surface area contributed by atoms with Crippen LogP contribution in [0.4, 0.5) is 4.79 Å². The smallest absolute Gasteiger partial charge is 0.320 e. The third-order valence-electron chi connectivity index (χ3n) is 13.1. The van der Waals surface area contributed by atoms with Crippen molar-refractivity contribution in [2.24, 2.45) is 11.3 Å². The molecule has 0 unspecified atom stereocenters. The van der Waals surface area contributed by atoms with E-state index in [1.807, 2.05) is 38.4 Å². The standard InChI is InChI=1S/C47H64N8O6S/c1-10-54-38-18-17-31-22-34(38)35(42(54)33-16-12-20-48-40(33)30(4)60-9)24-46(5,6)27-61-28-47(26-56)19-13-21-55(51-47)44(58)36(23-39-49-37(31)25-62-39)50-43(57)41(29(2)3)53(8)45(59)52(7)32-14-11-15-32/h12,16-18,20,22,25-26,29-30,32,36,41,51H,10-11,13-15,19,21,23-24,27-28H2,1-9H3,(H,50,57)/t30-,36-,41-,47-/m0/s1. The fraction of sp³-hybridized carbons (Fsp3) is 0.574. The minimum atomic E-state index is -1.16. The first-order valence-electron chi connectivity index (χ1n) is 22.1. The first-order chi connectivity index (χ1) is 29.6. The lowest BCUT2D eigenvalue weighted by Gasteiger charge is -2.42. The number of rotatable bonds is 10. The summed E-state index contributed by atoms with van der Waals surface area (Å²) in [7, 11) is 5.14. The van der Waals surface area contributed by atoms with Gasteiger partial charge < -0.3 is 34.0 Å². The number of ether oxygens (including phenoxy) is 2. The second-order valence-corrected chi connectivity index (χ2v) is 19.5. The number of hydrazine groups is 1. The van der Waals surface area contributed by atoms with Crippen molar-refractivity contribution in [1.29, 1.82) is 0 Å². The summed E-state index contributed by atoms with van der Waals surface area (Å²) in [5.41, 5.74) is 8.61. The summed E-state index contributed by atoms with van der Waals surface area (Å²) in [5, 5.41) is 8.28. The molecule has 4 amide bonds. The first kappa shape index (κ1) is 45.3. The zero-order chi connectivity index (χ0) is 44.5. The number of hydrogen-bond acceptors (Lipinski definition) is 10. The molecule has 4 atom stereocenters. The number of carbonyl (C=O) groups excluding carboxylic acids is 4. The van der Waals surface area contributed by atoms with Crippen LogP contribution in [0.15, 0.2) is 41.9 Å². The molecular formula is C47H64N8O6S. The van der Waals surface area contributed by atoms with Gasteiger partial charge in [-0.2, -0.15) is 0 Å². The van der Waals surface area contributed by atoms with Gasteiger partial charge in [-0.3, -0.25) is 19.6 Å². The molecule has 1 saturated carbocycles. The van der Waals surface area contributed by atoms with Crippen molar-refractivity contribution in [1.82, 2.24) is 40.1 Å². The number of nitrogens with zero attached hydrogens (tertiary/aromatic N) is 6. The molecule has 3 aromatic heterocycles. The summed E-state index contributed by atoms with van der Waals surface area (Å²) in [6, 6.07) is 8.60. The van der Waals surface area contributed by atoms with Crippen LogP contribution in [-0.4, -0.2) is 118 Å². The van der Waals surface area contributed by atoms with Crippen molar-refractivity contribution in [3.8, 4) is 22.5 Å². The van der Waals surface area contributed by atoms with Gasteiger partial charge in [-0.25, -0.2) is 15.2 Å². The zero-order valence-electron chi connectivity index (χ0n) is 37.8. The number of benzene rings is 1. The first-order valence-corrected chi connectivity index (χ1v) is 23.0. The van der Waals surface area contributed by atoms with Gasteiger partial charge in [-0.1, -0.05) is 33.8 Å². The van der Waals surface area contributed by atoms with Crippen LogP contribution < -0.4 is 10.7 Å². The van der Waals surface area contributed by atoms with Crippen LogP contribution >= 0.6 is 11.3 Å². The molecular weight excluding hydrogens is 805 g/mol. The van der Waals surface area contributed by atoms with Crippen molar-refractivity contribution in [3.63, 3.8) is 0 Å². The quantitative estimate of drug-likeness (QED) is 0.164. The topological polar surface area (TPSA) is 151 Å². The molecule has 4 aromatic rings. The van der Waals surface area contributed by atoms with Crippen LogP contribution in [0.3, 0.4) is 0 Å². The van der Waals surface area contributed by atoms with Crippen LogP contribution in [0.2, 0.25) is 0 Å². The Hall–Kier alpha value is -4.70. The Morgan fingerprint density at radius 3 is 2.60 bits per heavy atom. The van der Waals surface area contributed by atoms with E-state index in [4.69, 9.17) is 19.4 Å². The predicted molar refractivity (Wildman–Crippen MR) is 241 cm³/mol. The van der Waals surface area contributed by atoms with Crippen LogP contribution in [0.25, 0.3) is 33.4 Å². The number of fused-ring (bicyclic) bond motifs is 6. The molecule has 7 rings (SSSR count). The van der Waals surface area contributed by atoms with E-state index in [0.29, 0.717) is 37.4 Å². The summed E-state index contributed by atoms with van der Waals surface area (Å²) in [6.45, 7) is 13.8. The van der Waals surface area contributed by atoms with Crippen molar-refractivity contribution < 1.29 is 28.7 Å². The second kappa shape index (κ2) is 18.6. The Bertz CT molecular complexity index is 2280. The summed E-state index contributed by atoms with van der Waals surface area (Å²) >= 11 is 1.43. The molecule has 6 bridgehead atoms. The molecule has 15 heteroatoms. The molecule has 334 valence electrons. The van der Waals surface area contributed by atoms with E-state index >= 15 is 0 Å². The predicted octanol–water partition coefficient (Wildman–Crippen LogP) is 6.81. The molecule has 0 radical (unpaired) electrons. The number of thiazole rings is 1. The molecule has 5 heterocycles. The number of carbonyl (C=O) groups is 4. The fourth-order valence-electron chi connectivity index (χ4n) is 9.39. The SMILES string of the molecule is CCn1c(-c2cccnc2[C@H](C)OC)c2c3cc(ccc31)-c1csc(n1)C[C@H](NC(=O)[C@H](C(C)C)N(C)C(=O)N(C)C1CCC1)C(=O)N1CCC[C@](C=O)(COCC(C)(C)C2)N1. The van der Waals surface area contributed by atoms with Crippen LogP contribution in [0, 0.1) is 11.3 Å². The Morgan fingerprint density at radius 1 is 1.15 bits per heavy atom. The molecule has 1 aromatic carbocycles. The molecule has 62 heavy (non-hydrogen) atoms. The van der Waals surface area contributed by atoms with E-state index in [1.165, 1.54) is 21.2 Å². The molecule has 2 fully saturated rings. The third-order valence-corrected chi connectivity index (χ3v) is 13.9. The molecule has 1 saturated heterocycles. The minimum absolute atomic E-state index is 0.0548. The van der Waals surface area contributed by atoms with Gasteiger partial charge in [0.1, 0.15) is 23.9 Å². The fourth-order valence-corrected chi connectivity index (χ4v) is 10.2. The van der Waals surface area contributed by atoms with Gasteiger partial charge in [0.15, 0.2) is 0 Å². The second-order valence-electron chi connectivity index (χ2n) is 18.6. The number of likely N-dealkylation sites (N-methyl/N-ethyl adjacent to an activating group) is 1. The van der Waals surface area contributed by atoms with E-state index in [1.54, 1.807) is 26.1 Å². The summed E-state index contributed by atoms with van der Waals surface area (Å²) in [5.74, 6) is -1.05. The Labute approximate surface area is 369 Å². The maximum absolute atomic E-state index is 14.7. The van der Waals surface area contributed by atoms with E-state index < -0.39 is 23.5 Å². The monoisotopic (exact) mass is 868 g/mol. The molecule has 3 aliphatic rings. The Morgan fingerprint density at radius 2 is 1.92 bits per heavy atom. The normalized spacial score (nSPS) is 21.8. The summed E-state index contributed by atoms with van der Waals surface area (Å²) in [6.07, 6.45) is 7.19. The van der Waals surface area contributed by atoms with E-state index in [9.17, 15) is 19.2 Å². The summed E-state index contributed by atoms with van der Waals surface area (Å²) in [4.78, 5) is 68.8. The highest BCUT2D eigenvalue weighted by atomic mass is 32.1. The third kappa shape index (κ3) is 9.04. The van der Waals surface area contributed by atoms with Gasteiger partial charge in [0, 0.05) is 80.4 Å². The molecule has 0 spiro atoms. The number of aromatic nitrogens is 3. The average molecular weight is 869 g/mol. The van der Waals surface area contributed by atoms with Crippen molar-refractivity contribution in [2.45, 2.75) is 123 Å². The Balaban J connectivity index is 1.31. The number of methoxy groups -OCH3 is 1. The lowest BCUT2D eigenvalue weighted by Crippen LogP contribution is -2.66. The summed E-state index contributed by atoms with van der Waals surface area (Å²) < 4.78 is 14.7. The van der Waals surface area contributed by atoms with Gasteiger partial charge in [0.2, 0.25) is 5.91 Å². The molecule has 1 aliphatic carbocycles. The van der Waals surface area contributed by atoms with E-state index in [-0.39, 0.29) is 48.4 Å². The molecule has 2 aliphatic heterocycles.